The molecule has 0 spiro atoms. The Labute approximate surface area is 106 Å². The van der Waals surface area contributed by atoms with Crippen LogP contribution in [0.3, 0.4) is 0 Å². The zero-order valence-electron chi connectivity index (χ0n) is 10.5. The Morgan fingerprint density at radius 2 is 2.33 bits per heavy atom. The topological polar surface area (TPSA) is 63.4 Å². The van der Waals surface area contributed by atoms with Crippen LogP contribution in [0.2, 0.25) is 0 Å². The molecular formula is C11H17FN2O3S. The number of halogens is 1. The summed E-state index contributed by atoms with van der Waals surface area (Å²) >= 11 is 0. The van der Waals surface area contributed by atoms with E-state index in [0.29, 0.717) is 30.8 Å². The minimum absolute atomic E-state index is 0.0809. The number of nitrogens with zero attached hydrogens (tertiary/aromatic N) is 2. The number of hydrogen-bond acceptors (Lipinski definition) is 4. The Hall–Kier alpha value is -0.950. The SMILES string of the molecule is Cc1cc(CS(=O)(=O)N2CCCC(C)(F)C2)on1. The first-order valence-corrected chi connectivity index (χ1v) is 7.48. The Morgan fingerprint density at radius 3 is 2.89 bits per heavy atom. The summed E-state index contributed by atoms with van der Waals surface area (Å²) in [6, 6.07) is 1.58. The predicted molar refractivity (Wildman–Crippen MR) is 64.2 cm³/mol. The molecule has 1 unspecified atom stereocenters. The Bertz CT molecular complexity index is 524. The van der Waals surface area contributed by atoms with Gasteiger partial charge in [0.1, 0.15) is 11.4 Å². The molecule has 0 radical (unpaired) electrons. The van der Waals surface area contributed by atoms with Crippen molar-refractivity contribution in [1.29, 1.82) is 0 Å². The van der Waals surface area contributed by atoms with Crippen LogP contribution in [0.15, 0.2) is 10.6 Å². The highest BCUT2D eigenvalue weighted by Crippen LogP contribution is 2.27. The molecule has 1 aromatic heterocycles. The summed E-state index contributed by atoms with van der Waals surface area (Å²) in [4.78, 5) is 0. The van der Waals surface area contributed by atoms with Crippen LogP contribution in [0.1, 0.15) is 31.2 Å². The molecule has 2 heterocycles. The van der Waals surface area contributed by atoms with E-state index in [9.17, 15) is 12.8 Å². The normalized spacial score (nSPS) is 26.4. The van der Waals surface area contributed by atoms with Gasteiger partial charge in [-0.15, -0.1) is 0 Å². The van der Waals surface area contributed by atoms with E-state index >= 15 is 0 Å². The second-order valence-corrected chi connectivity index (χ2v) is 7.01. The molecule has 1 aliphatic heterocycles. The van der Waals surface area contributed by atoms with Crippen molar-refractivity contribution in [2.75, 3.05) is 13.1 Å². The highest BCUT2D eigenvalue weighted by molar-refractivity contribution is 7.88. The zero-order valence-corrected chi connectivity index (χ0v) is 11.3. The van der Waals surface area contributed by atoms with Crippen molar-refractivity contribution < 1.29 is 17.3 Å². The van der Waals surface area contributed by atoms with Crippen LogP contribution in [0.25, 0.3) is 0 Å². The van der Waals surface area contributed by atoms with Crippen molar-refractivity contribution in [1.82, 2.24) is 9.46 Å². The van der Waals surface area contributed by atoms with Gasteiger partial charge in [-0.25, -0.2) is 12.8 Å². The van der Waals surface area contributed by atoms with Crippen molar-refractivity contribution in [2.45, 2.75) is 38.1 Å². The van der Waals surface area contributed by atoms with Gasteiger partial charge in [0.25, 0.3) is 0 Å². The second-order valence-electron chi connectivity index (χ2n) is 5.04. The molecule has 18 heavy (non-hydrogen) atoms. The molecule has 1 aliphatic rings. The van der Waals surface area contributed by atoms with Gasteiger partial charge in [0.2, 0.25) is 10.0 Å². The summed E-state index contributed by atoms with van der Waals surface area (Å²) in [6.45, 7) is 3.45. The molecule has 0 saturated carbocycles. The van der Waals surface area contributed by atoms with Crippen LogP contribution in [0.5, 0.6) is 0 Å². The standard InChI is InChI=1S/C11H17FN2O3S/c1-9-6-10(17-13-9)7-18(15,16)14-5-3-4-11(2,12)8-14/h6H,3-5,7-8H2,1-2H3. The summed E-state index contributed by atoms with van der Waals surface area (Å²) in [5.74, 6) is 0.0304. The number of aromatic nitrogens is 1. The molecule has 102 valence electrons. The molecule has 5 nitrogen and oxygen atoms in total. The van der Waals surface area contributed by atoms with Crippen LogP contribution >= 0.6 is 0 Å². The molecule has 1 saturated heterocycles. The third kappa shape index (κ3) is 3.08. The fourth-order valence-corrected chi connectivity index (χ4v) is 3.69. The second kappa shape index (κ2) is 4.62. The van der Waals surface area contributed by atoms with E-state index in [0.717, 1.165) is 0 Å². The molecule has 1 fully saturated rings. The van der Waals surface area contributed by atoms with E-state index in [-0.39, 0.29) is 12.3 Å². The van der Waals surface area contributed by atoms with E-state index in [1.54, 1.807) is 13.0 Å². The van der Waals surface area contributed by atoms with Crippen LogP contribution in [0, 0.1) is 6.92 Å². The smallest absolute Gasteiger partial charge is 0.221 e. The summed E-state index contributed by atoms with van der Waals surface area (Å²) in [7, 11) is -3.53. The molecule has 0 aromatic carbocycles. The van der Waals surface area contributed by atoms with Crippen LogP contribution in [-0.2, 0) is 15.8 Å². The summed E-state index contributed by atoms with van der Waals surface area (Å²) in [5.41, 5.74) is -0.808. The number of rotatable bonds is 3. The minimum atomic E-state index is -3.53. The zero-order chi connectivity index (χ0) is 13.4. The van der Waals surface area contributed by atoms with E-state index < -0.39 is 15.7 Å². The fraction of sp³-hybridized carbons (Fsp3) is 0.727. The van der Waals surface area contributed by atoms with Crippen LogP contribution < -0.4 is 0 Å². The van der Waals surface area contributed by atoms with Crippen molar-refractivity contribution in [3.05, 3.63) is 17.5 Å². The third-order valence-electron chi connectivity index (χ3n) is 3.01. The lowest BCUT2D eigenvalue weighted by Crippen LogP contribution is -2.46. The molecule has 2 rings (SSSR count). The average molecular weight is 276 g/mol. The maximum atomic E-state index is 13.9. The molecule has 1 aromatic rings. The number of aryl methyl sites for hydroxylation is 1. The summed E-state index contributed by atoms with van der Waals surface area (Å²) in [5, 5.41) is 3.64. The van der Waals surface area contributed by atoms with Crippen molar-refractivity contribution in [3.8, 4) is 0 Å². The van der Waals surface area contributed by atoms with E-state index in [1.807, 2.05) is 0 Å². The summed E-state index contributed by atoms with van der Waals surface area (Å²) < 4.78 is 44.2. The van der Waals surface area contributed by atoms with Gasteiger partial charge in [-0.2, -0.15) is 4.31 Å². The van der Waals surface area contributed by atoms with E-state index in [4.69, 9.17) is 4.52 Å². The van der Waals surface area contributed by atoms with E-state index in [1.165, 1.54) is 11.2 Å². The van der Waals surface area contributed by atoms with Gasteiger partial charge in [0.05, 0.1) is 5.69 Å². The first-order valence-electron chi connectivity index (χ1n) is 5.87. The van der Waals surface area contributed by atoms with Crippen molar-refractivity contribution in [3.63, 3.8) is 0 Å². The highest BCUT2D eigenvalue weighted by Gasteiger charge is 2.36. The number of hydrogen-bond donors (Lipinski definition) is 0. The Morgan fingerprint density at radius 1 is 1.61 bits per heavy atom. The Balaban J connectivity index is 2.11. The largest absolute Gasteiger partial charge is 0.360 e. The molecule has 0 N–H and O–H groups in total. The van der Waals surface area contributed by atoms with Gasteiger partial charge in [-0.1, -0.05) is 5.16 Å². The van der Waals surface area contributed by atoms with Crippen molar-refractivity contribution >= 4 is 10.0 Å². The lowest BCUT2D eigenvalue weighted by atomic mass is 9.99. The molecule has 7 heteroatoms. The maximum Gasteiger partial charge on any atom is 0.221 e. The number of sulfonamides is 1. The van der Waals surface area contributed by atoms with Gasteiger partial charge in [0, 0.05) is 19.2 Å². The summed E-state index contributed by atoms with van der Waals surface area (Å²) in [6.07, 6.45) is 0.947. The fourth-order valence-electron chi connectivity index (χ4n) is 2.14. The van der Waals surface area contributed by atoms with Gasteiger partial charge in [0.15, 0.2) is 5.76 Å². The van der Waals surface area contributed by atoms with Gasteiger partial charge in [-0.3, -0.25) is 0 Å². The molecule has 1 atom stereocenters. The average Bonchev–Trinajstić information content (AvgIpc) is 2.61. The van der Waals surface area contributed by atoms with Gasteiger partial charge in [-0.05, 0) is 26.7 Å². The molecule has 0 bridgehead atoms. The quantitative estimate of drug-likeness (QED) is 0.842. The lowest BCUT2D eigenvalue weighted by Gasteiger charge is -2.33. The number of alkyl halides is 1. The minimum Gasteiger partial charge on any atom is -0.360 e. The van der Waals surface area contributed by atoms with Crippen molar-refractivity contribution in [2.24, 2.45) is 0 Å². The lowest BCUT2D eigenvalue weighted by molar-refractivity contribution is 0.102. The first kappa shape index (κ1) is 13.5. The molecule has 0 aliphatic carbocycles. The van der Waals surface area contributed by atoms with Gasteiger partial charge < -0.3 is 4.52 Å². The van der Waals surface area contributed by atoms with Crippen LogP contribution in [-0.4, -0.2) is 36.6 Å². The Kier molecular flexibility index (Phi) is 3.46. The predicted octanol–water partition coefficient (Wildman–Crippen LogP) is 1.64. The van der Waals surface area contributed by atoms with Gasteiger partial charge >= 0.3 is 0 Å². The van der Waals surface area contributed by atoms with E-state index in [2.05, 4.69) is 5.16 Å². The molecule has 0 amide bonds. The first-order chi connectivity index (χ1) is 8.28. The van der Waals surface area contributed by atoms with Crippen LogP contribution in [0.4, 0.5) is 4.39 Å². The third-order valence-corrected chi connectivity index (χ3v) is 4.75. The highest BCUT2D eigenvalue weighted by atomic mass is 32.2. The number of piperidine rings is 1. The maximum absolute atomic E-state index is 13.9. The monoisotopic (exact) mass is 276 g/mol. The molecular weight excluding hydrogens is 259 g/mol.